The van der Waals surface area contributed by atoms with Crippen LogP contribution in [0.15, 0.2) is 24.4 Å². The summed E-state index contributed by atoms with van der Waals surface area (Å²) in [4.78, 5) is 19.5. The van der Waals surface area contributed by atoms with Gasteiger partial charge in [0.1, 0.15) is 23.0 Å². The molecule has 0 aliphatic carbocycles. The second kappa shape index (κ2) is 8.43. The van der Waals surface area contributed by atoms with Gasteiger partial charge in [-0.2, -0.15) is 0 Å². The Bertz CT molecular complexity index is 801. The van der Waals surface area contributed by atoms with Crippen LogP contribution in [0, 0.1) is 5.92 Å². The second-order valence-corrected chi connectivity index (χ2v) is 7.23. The van der Waals surface area contributed by atoms with Crippen LogP contribution in [0.25, 0.3) is 0 Å². The standard InChI is InChI=1S/C20H28N4O3/c1-14(2)11-23-7-8-24-12-17(22-19(24)13-23)20(25)21-10-15-9-16(26-3)5-6-18(15)27-4/h5-6,9,12,14H,7-8,10-11,13H2,1-4H3,(H,21,25). The number of carbonyl (C=O) groups excluding carboxylic acids is 1. The highest BCUT2D eigenvalue weighted by molar-refractivity contribution is 5.92. The number of rotatable bonds is 7. The molecule has 0 bridgehead atoms. The maximum atomic E-state index is 12.6. The molecule has 1 aromatic carbocycles. The summed E-state index contributed by atoms with van der Waals surface area (Å²) < 4.78 is 12.7. The molecule has 146 valence electrons. The van der Waals surface area contributed by atoms with Gasteiger partial charge in [-0.15, -0.1) is 0 Å². The molecule has 1 aromatic heterocycles. The summed E-state index contributed by atoms with van der Waals surface area (Å²) in [6.45, 7) is 8.47. The van der Waals surface area contributed by atoms with Crippen molar-refractivity contribution in [1.82, 2.24) is 19.8 Å². The first-order valence-corrected chi connectivity index (χ1v) is 9.27. The zero-order chi connectivity index (χ0) is 19.4. The molecule has 0 spiro atoms. The molecule has 0 fully saturated rings. The Morgan fingerprint density at radius 1 is 1.26 bits per heavy atom. The largest absolute Gasteiger partial charge is 0.497 e. The molecule has 1 N–H and O–H groups in total. The first-order chi connectivity index (χ1) is 13.0. The molecule has 2 heterocycles. The summed E-state index contributed by atoms with van der Waals surface area (Å²) >= 11 is 0. The number of imidazole rings is 1. The van der Waals surface area contributed by atoms with E-state index in [-0.39, 0.29) is 5.91 Å². The highest BCUT2D eigenvalue weighted by Crippen LogP contribution is 2.24. The van der Waals surface area contributed by atoms with Gasteiger partial charge in [0.15, 0.2) is 0 Å². The van der Waals surface area contributed by atoms with Gasteiger partial charge in [-0.05, 0) is 24.1 Å². The first kappa shape index (κ1) is 19.2. The third kappa shape index (κ3) is 4.60. The van der Waals surface area contributed by atoms with Gasteiger partial charge in [0.05, 0.1) is 20.8 Å². The lowest BCUT2D eigenvalue weighted by Crippen LogP contribution is -2.35. The van der Waals surface area contributed by atoms with Crippen molar-refractivity contribution in [3.05, 3.63) is 41.5 Å². The smallest absolute Gasteiger partial charge is 0.271 e. The molecule has 0 saturated carbocycles. The SMILES string of the molecule is COc1ccc(OC)c(CNC(=O)c2cn3c(n2)CN(CC(C)C)CC3)c1. The average molecular weight is 372 g/mol. The first-order valence-electron chi connectivity index (χ1n) is 9.27. The van der Waals surface area contributed by atoms with Gasteiger partial charge in [0, 0.05) is 37.9 Å². The average Bonchev–Trinajstić information content (AvgIpc) is 3.08. The number of fused-ring (bicyclic) bond motifs is 1. The molecule has 3 rings (SSSR count). The Balaban J connectivity index is 1.65. The summed E-state index contributed by atoms with van der Waals surface area (Å²) in [6.07, 6.45) is 1.85. The van der Waals surface area contributed by atoms with Crippen LogP contribution in [0.4, 0.5) is 0 Å². The van der Waals surface area contributed by atoms with E-state index in [9.17, 15) is 4.79 Å². The van der Waals surface area contributed by atoms with E-state index in [1.807, 2.05) is 24.4 Å². The van der Waals surface area contributed by atoms with Crippen LogP contribution < -0.4 is 14.8 Å². The monoisotopic (exact) mass is 372 g/mol. The van der Waals surface area contributed by atoms with Crippen LogP contribution in [0.2, 0.25) is 0 Å². The lowest BCUT2D eigenvalue weighted by Gasteiger charge is -2.28. The summed E-state index contributed by atoms with van der Waals surface area (Å²) in [5.74, 6) is 2.82. The summed E-state index contributed by atoms with van der Waals surface area (Å²) in [5.41, 5.74) is 1.32. The van der Waals surface area contributed by atoms with E-state index in [0.29, 0.717) is 23.9 Å². The van der Waals surface area contributed by atoms with E-state index in [0.717, 1.165) is 43.3 Å². The normalized spacial score (nSPS) is 14.1. The summed E-state index contributed by atoms with van der Waals surface area (Å²) in [5, 5.41) is 2.93. The number of nitrogens with one attached hydrogen (secondary N) is 1. The minimum absolute atomic E-state index is 0.183. The number of methoxy groups -OCH3 is 2. The Kier molecular flexibility index (Phi) is 6.01. The molecule has 0 radical (unpaired) electrons. The number of ether oxygens (including phenoxy) is 2. The Labute approximate surface area is 160 Å². The number of aromatic nitrogens is 2. The minimum Gasteiger partial charge on any atom is -0.497 e. The Morgan fingerprint density at radius 2 is 2.07 bits per heavy atom. The van der Waals surface area contributed by atoms with Crippen molar-refractivity contribution in [2.75, 3.05) is 27.3 Å². The lowest BCUT2D eigenvalue weighted by molar-refractivity contribution is 0.0946. The second-order valence-electron chi connectivity index (χ2n) is 7.23. The van der Waals surface area contributed by atoms with Crippen molar-refractivity contribution in [2.45, 2.75) is 33.5 Å². The van der Waals surface area contributed by atoms with Gasteiger partial charge in [0.2, 0.25) is 0 Å². The Morgan fingerprint density at radius 3 is 2.78 bits per heavy atom. The molecule has 1 amide bonds. The molecular weight excluding hydrogens is 344 g/mol. The van der Waals surface area contributed by atoms with Gasteiger partial charge >= 0.3 is 0 Å². The van der Waals surface area contributed by atoms with Crippen molar-refractivity contribution < 1.29 is 14.3 Å². The predicted octanol–water partition coefficient (Wildman–Crippen LogP) is 2.30. The lowest BCUT2D eigenvalue weighted by atomic mass is 10.2. The van der Waals surface area contributed by atoms with E-state index in [4.69, 9.17) is 9.47 Å². The molecule has 7 heteroatoms. The van der Waals surface area contributed by atoms with E-state index in [2.05, 4.69) is 33.6 Å². The van der Waals surface area contributed by atoms with Crippen molar-refractivity contribution in [2.24, 2.45) is 5.92 Å². The van der Waals surface area contributed by atoms with Gasteiger partial charge in [0.25, 0.3) is 5.91 Å². The van der Waals surface area contributed by atoms with Crippen molar-refractivity contribution in [3.63, 3.8) is 0 Å². The van der Waals surface area contributed by atoms with Crippen LogP contribution in [-0.2, 0) is 19.6 Å². The van der Waals surface area contributed by atoms with E-state index >= 15 is 0 Å². The third-order valence-electron chi connectivity index (χ3n) is 4.66. The van der Waals surface area contributed by atoms with E-state index in [1.54, 1.807) is 14.2 Å². The molecule has 2 aromatic rings. The van der Waals surface area contributed by atoms with Gasteiger partial charge in [-0.1, -0.05) is 13.8 Å². The summed E-state index contributed by atoms with van der Waals surface area (Å²) in [7, 11) is 3.22. The number of hydrogen-bond donors (Lipinski definition) is 1. The fraction of sp³-hybridized carbons (Fsp3) is 0.500. The van der Waals surface area contributed by atoms with E-state index < -0.39 is 0 Å². The zero-order valence-electron chi connectivity index (χ0n) is 16.5. The Hall–Kier alpha value is -2.54. The summed E-state index contributed by atoms with van der Waals surface area (Å²) in [6, 6.07) is 5.52. The highest BCUT2D eigenvalue weighted by atomic mass is 16.5. The van der Waals surface area contributed by atoms with Gasteiger partial charge < -0.3 is 19.4 Å². The number of hydrogen-bond acceptors (Lipinski definition) is 5. The quantitative estimate of drug-likeness (QED) is 0.808. The fourth-order valence-electron chi connectivity index (χ4n) is 3.37. The maximum absolute atomic E-state index is 12.6. The van der Waals surface area contributed by atoms with Gasteiger partial charge in [-0.25, -0.2) is 4.98 Å². The number of benzene rings is 1. The van der Waals surface area contributed by atoms with Crippen molar-refractivity contribution >= 4 is 5.91 Å². The number of nitrogens with zero attached hydrogens (tertiary/aromatic N) is 3. The molecule has 0 saturated heterocycles. The molecule has 1 aliphatic rings. The van der Waals surface area contributed by atoms with Crippen molar-refractivity contribution in [3.8, 4) is 11.5 Å². The maximum Gasteiger partial charge on any atom is 0.271 e. The molecule has 0 atom stereocenters. The molecular formula is C20H28N4O3. The van der Waals surface area contributed by atoms with Crippen molar-refractivity contribution in [1.29, 1.82) is 0 Å². The molecule has 7 nitrogen and oxygen atoms in total. The molecule has 27 heavy (non-hydrogen) atoms. The highest BCUT2D eigenvalue weighted by Gasteiger charge is 2.21. The van der Waals surface area contributed by atoms with Crippen LogP contribution in [-0.4, -0.2) is 47.7 Å². The number of carbonyl (C=O) groups is 1. The zero-order valence-corrected chi connectivity index (χ0v) is 16.5. The van der Waals surface area contributed by atoms with Crippen LogP contribution in [0.3, 0.4) is 0 Å². The van der Waals surface area contributed by atoms with Crippen LogP contribution in [0.5, 0.6) is 11.5 Å². The van der Waals surface area contributed by atoms with Crippen LogP contribution in [0.1, 0.15) is 35.7 Å². The topological polar surface area (TPSA) is 68.6 Å². The van der Waals surface area contributed by atoms with Gasteiger partial charge in [-0.3, -0.25) is 9.69 Å². The number of amides is 1. The van der Waals surface area contributed by atoms with Crippen LogP contribution >= 0.6 is 0 Å². The third-order valence-corrected chi connectivity index (χ3v) is 4.66. The predicted molar refractivity (Wildman–Crippen MR) is 103 cm³/mol. The molecule has 1 aliphatic heterocycles. The fourth-order valence-corrected chi connectivity index (χ4v) is 3.37. The molecule has 0 unspecified atom stereocenters. The van der Waals surface area contributed by atoms with E-state index in [1.165, 1.54) is 0 Å². The minimum atomic E-state index is -0.183.